The Labute approximate surface area is 169 Å². The summed E-state index contributed by atoms with van der Waals surface area (Å²) < 4.78 is 15.6. The van der Waals surface area contributed by atoms with E-state index in [9.17, 15) is 9.59 Å². The number of rotatable bonds is 7. The molecule has 3 rings (SSSR count). The minimum Gasteiger partial charge on any atom is -0.466 e. The fourth-order valence-electron chi connectivity index (χ4n) is 3.15. The molecule has 8 nitrogen and oxygen atoms in total. The van der Waals surface area contributed by atoms with Crippen LogP contribution in [0.15, 0.2) is 18.2 Å². The van der Waals surface area contributed by atoms with Crippen LogP contribution in [0.2, 0.25) is 0 Å². The van der Waals surface area contributed by atoms with Crippen molar-refractivity contribution in [2.24, 2.45) is 0 Å². The van der Waals surface area contributed by atoms with Crippen molar-refractivity contribution in [3.8, 4) is 11.5 Å². The summed E-state index contributed by atoms with van der Waals surface area (Å²) in [6, 6.07) is 5.74. The molecule has 1 N–H and O–H groups in total. The second-order valence-electron chi connectivity index (χ2n) is 6.50. The molecule has 0 radical (unpaired) electrons. The summed E-state index contributed by atoms with van der Waals surface area (Å²) in [5.74, 6) is 1.17. The molecule has 0 saturated carbocycles. The van der Waals surface area contributed by atoms with Crippen LogP contribution in [0, 0.1) is 0 Å². The van der Waals surface area contributed by atoms with Gasteiger partial charge in [-0.25, -0.2) is 0 Å². The molecule has 28 heavy (non-hydrogen) atoms. The second kappa shape index (κ2) is 9.59. The summed E-state index contributed by atoms with van der Waals surface area (Å²) in [7, 11) is 0. The topological polar surface area (TPSA) is 80.3 Å². The number of esters is 1. The Bertz CT molecular complexity index is 742. The van der Waals surface area contributed by atoms with Crippen LogP contribution < -0.4 is 14.8 Å². The number of hydrazine groups is 1. The van der Waals surface area contributed by atoms with Gasteiger partial charge < -0.3 is 19.5 Å². The maximum atomic E-state index is 12.5. The molecule has 0 unspecified atom stereocenters. The van der Waals surface area contributed by atoms with Gasteiger partial charge in [-0.05, 0) is 49.7 Å². The van der Waals surface area contributed by atoms with Gasteiger partial charge in [0, 0.05) is 32.5 Å². The van der Waals surface area contributed by atoms with Crippen molar-refractivity contribution in [3.63, 3.8) is 0 Å². The average molecular weight is 407 g/mol. The minimum absolute atomic E-state index is 0.0333. The van der Waals surface area contributed by atoms with Crippen molar-refractivity contribution >= 4 is 29.2 Å². The van der Waals surface area contributed by atoms with Crippen LogP contribution in [0.4, 0.5) is 0 Å². The summed E-state index contributed by atoms with van der Waals surface area (Å²) >= 11 is 5.49. The number of hydrogen-bond donors (Lipinski definition) is 1. The third-order valence-electron chi connectivity index (χ3n) is 4.51. The lowest BCUT2D eigenvalue weighted by molar-refractivity contribution is -0.143. The normalized spacial score (nSPS) is 14.9. The number of hydrogen-bond acceptors (Lipinski definition) is 6. The lowest BCUT2D eigenvalue weighted by atomic mass is 10.2. The number of amides is 1. The van der Waals surface area contributed by atoms with Crippen molar-refractivity contribution in [2.45, 2.75) is 39.2 Å². The maximum absolute atomic E-state index is 12.5. The molecule has 152 valence electrons. The summed E-state index contributed by atoms with van der Waals surface area (Å²) in [5.41, 5.74) is 1.01. The Kier molecular flexibility index (Phi) is 6.91. The van der Waals surface area contributed by atoms with Gasteiger partial charge in [0.05, 0.1) is 6.61 Å². The van der Waals surface area contributed by atoms with Crippen molar-refractivity contribution in [3.05, 3.63) is 23.8 Å². The molecule has 0 aliphatic carbocycles. The SMILES string of the molecule is CCOC(=O)CCCC(=O)N1CCCN1C(=S)NCc1ccc2c(c1)OCO2. The van der Waals surface area contributed by atoms with E-state index in [0.717, 1.165) is 23.5 Å². The lowest BCUT2D eigenvalue weighted by Gasteiger charge is -2.30. The number of nitrogens with zero attached hydrogens (tertiary/aromatic N) is 2. The molecule has 9 heteroatoms. The molecule has 1 saturated heterocycles. The second-order valence-corrected chi connectivity index (χ2v) is 6.89. The van der Waals surface area contributed by atoms with Gasteiger partial charge in [0.25, 0.3) is 0 Å². The van der Waals surface area contributed by atoms with E-state index in [1.54, 1.807) is 16.9 Å². The Hall–Kier alpha value is -2.55. The first-order valence-electron chi connectivity index (χ1n) is 9.48. The van der Waals surface area contributed by atoms with E-state index >= 15 is 0 Å². The molecule has 2 heterocycles. The Morgan fingerprint density at radius 3 is 2.79 bits per heavy atom. The van der Waals surface area contributed by atoms with Gasteiger partial charge in [-0.1, -0.05) is 6.07 Å². The van der Waals surface area contributed by atoms with Crippen molar-refractivity contribution in [2.75, 3.05) is 26.5 Å². The first-order valence-corrected chi connectivity index (χ1v) is 9.89. The Morgan fingerprint density at radius 2 is 1.96 bits per heavy atom. The van der Waals surface area contributed by atoms with Crippen LogP contribution in [-0.2, 0) is 20.9 Å². The molecular weight excluding hydrogens is 382 g/mol. The van der Waals surface area contributed by atoms with E-state index in [-0.39, 0.29) is 25.1 Å². The van der Waals surface area contributed by atoms with E-state index in [4.69, 9.17) is 26.4 Å². The average Bonchev–Trinajstić information content (AvgIpc) is 3.35. The summed E-state index contributed by atoms with van der Waals surface area (Å²) in [6.07, 6.45) is 1.87. The van der Waals surface area contributed by atoms with Gasteiger partial charge in [0.2, 0.25) is 12.7 Å². The smallest absolute Gasteiger partial charge is 0.305 e. The van der Waals surface area contributed by atoms with Crippen LogP contribution in [0.25, 0.3) is 0 Å². The van der Waals surface area contributed by atoms with E-state index in [2.05, 4.69) is 5.32 Å². The Morgan fingerprint density at radius 1 is 1.18 bits per heavy atom. The lowest BCUT2D eigenvalue weighted by Crippen LogP contribution is -2.48. The zero-order chi connectivity index (χ0) is 19.9. The third kappa shape index (κ3) is 5.03. The fourth-order valence-corrected chi connectivity index (χ4v) is 3.41. The number of benzene rings is 1. The van der Waals surface area contributed by atoms with Gasteiger partial charge >= 0.3 is 5.97 Å². The molecule has 0 atom stereocenters. The molecule has 1 aromatic carbocycles. The number of ether oxygens (including phenoxy) is 3. The largest absolute Gasteiger partial charge is 0.466 e. The van der Waals surface area contributed by atoms with Crippen LogP contribution in [-0.4, -0.2) is 53.5 Å². The molecule has 2 aliphatic heterocycles. The maximum Gasteiger partial charge on any atom is 0.305 e. The van der Waals surface area contributed by atoms with E-state index in [0.29, 0.717) is 44.2 Å². The number of nitrogens with one attached hydrogen (secondary N) is 1. The number of carbonyl (C=O) groups is 2. The van der Waals surface area contributed by atoms with Gasteiger partial charge in [-0.2, -0.15) is 0 Å². The Balaban J connectivity index is 1.47. The summed E-state index contributed by atoms with van der Waals surface area (Å²) in [5, 5.41) is 7.18. The minimum atomic E-state index is -0.269. The fraction of sp³-hybridized carbons (Fsp3) is 0.526. The highest BCUT2D eigenvalue weighted by molar-refractivity contribution is 7.80. The summed E-state index contributed by atoms with van der Waals surface area (Å²) in [4.78, 5) is 23.9. The monoisotopic (exact) mass is 407 g/mol. The van der Waals surface area contributed by atoms with Crippen molar-refractivity contribution in [1.82, 2.24) is 15.3 Å². The number of carbonyl (C=O) groups excluding carboxylic acids is 2. The highest BCUT2D eigenvalue weighted by Crippen LogP contribution is 2.32. The predicted molar refractivity (Wildman–Crippen MR) is 106 cm³/mol. The molecule has 1 amide bonds. The molecule has 2 aliphatic rings. The number of thiocarbonyl (C=S) groups is 1. The first-order chi connectivity index (χ1) is 13.6. The first kappa shape index (κ1) is 20.2. The van der Waals surface area contributed by atoms with Crippen LogP contribution in [0.3, 0.4) is 0 Å². The highest BCUT2D eigenvalue weighted by atomic mass is 32.1. The zero-order valence-corrected chi connectivity index (χ0v) is 16.8. The van der Waals surface area contributed by atoms with Crippen molar-refractivity contribution in [1.29, 1.82) is 0 Å². The molecule has 1 aromatic rings. The van der Waals surface area contributed by atoms with Crippen LogP contribution in [0.1, 0.15) is 38.2 Å². The van der Waals surface area contributed by atoms with Gasteiger partial charge in [-0.15, -0.1) is 0 Å². The van der Waals surface area contributed by atoms with Gasteiger partial charge in [0.1, 0.15) is 0 Å². The van der Waals surface area contributed by atoms with Crippen molar-refractivity contribution < 1.29 is 23.8 Å². The zero-order valence-electron chi connectivity index (χ0n) is 15.9. The highest BCUT2D eigenvalue weighted by Gasteiger charge is 2.28. The van der Waals surface area contributed by atoms with Gasteiger partial charge in [-0.3, -0.25) is 19.6 Å². The van der Waals surface area contributed by atoms with E-state index in [1.807, 2.05) is 18.2 Å². The van der Waals surface area contributed by atoms with Crippen LogP contribution >= 0.6 is 12.2 Å². The molecule has 0 bridgehead atoms. The quantitative estimate of drug-likeness (QED) is 0.543. The van der Waals surface area contributed by atoms with E-state index in [1.165, 1.54) is 0 Å². The predicted octanol–water partition coefficient (Wildman–Crippen LogP) is 1.97. The third-order valence-corrected chi connectivity index (χ3v) is 4.87. The van der Waals surface area contributed by atoms with E-state index < -0.39 is 0 Å². The van der Waals surface area contributed by atoms with Crippen LogP contribution in [0.5, 0.6) is 11.5 Å². The van der Waals surface area contributed by atoms with Gasteiger partial charge in [0.15, 0.2) is 16.6 Å². The summed E-state index contributed by atoms with van der Waals surface area (Å²) in [6.45, 7) is 4.21. The standard InChI is InChI=1S/C19H25N3O5S/c1-2-25-18(24)6-3-5-17(23)21-9-4-10-22(21)19(28)20-12-14-7-8-15-16(11-14)27-13-26-15/h7-8,11H,2-6,9-10,12-13H2,1H3,(H,20,28). The molecule has 0 aromatic heterocycles. The molecule has 1 fully saturated rings. The molecule has 0 spiro atoms. The number of fused-ring (bicyclic) bond motifs is 1. The molecular formula is C19H25N3O5S.